The van der Waals surface area contributed by atoms with E-state index in [1.165, 1.54) is 18.4 Å². The van der Waals surface area contributed by atoms with E-state index < -0.39 is 0 Å². The number of amides is 1. The number of nitrogens with one attached hydrogen (secondary N) is 1. The first-order valence-corrected chi connectivity index (χ1v) is 8.01. The number of imidazole rings is 1. The fourth-order valence-electron chi connectivity index (χ4n) is 2.52. The number of hydrogen-bond donors (Lipinski definition) is 1. The third-order valence-corrected chi connectivity index (χ3v) is 3.88. The Kier molecular flexibility index (Phi) is 4.42. The lowest BCUT2D eigenvalue weighted by Crippen LogP contribution is -2.12. The van der Waals surface area contributed by atoms with Gasteiger partial charge in [0.2, 0.25) is 0 Å². The molecule has 4 heteroatoms. The van der Waals surface area contributed by atoms with E-state index >= 15 is 0 Å². The minimum Gasteiger partial charge on any atom is -0.321 e. The minimum atomic E-state index is -0.187. The Balaban J connectivity index is 1.72. The average molecular weight is 307 g/mol. The van der Waals surface area contributed by atoms with E-state index in [2.05, 4.69) is 29.4 Å². The van der Waals surface area contributed by atoms with Crippen molar-refractivity contribution in [2.75, 3.05) is 5.32 Å². The summed E-state index contributed by atoms with van der Waals surface area (Å²) in [6, 6.07) is 12.0. The first-order chi connectivity index (χ1) is 11.2. The number of benzene rings is 1. The van der Waals surface area contributed by atoms with Gasteiger partial charge in [-0.2, -0.15) is 0 Å². The second-order valence-corrected chi connectivity index (χ2v) is 5.85. The normalized spacial score (nSPS) is 10.9. The van der Waals surface area contributed by atoms with Gasteiger partial charge in [0.25, 0.3) is 5.91 Å². The molecule has 0 unspecified atom stereocenters. The molecule has 2 aromatic heterocycles. The molecule has 0 bridgehead atoms. The standard InChI is InChI=1S/C19H21N3O/c1-3-4-5-15-6-8-16(9-7-15)20-19(23)17-13-22-11-10-14(2)12-18(22)21-17/h6-13H,3-5H2,1-2H3,(H,20,23). The third kappa shape index (κ3) is 3.59. The predicted octanol–water partition coefficient (Wildman–Crippen LogP) is 4.24. The fourth-order valence-corrected chi connectivity index (χ4v) is 2.52. The number of carbonyl (C=O) groups is 1. The lowest BCUT2D eigenvalue weighted by Gasteiger charge is -2.05. The third-order valence-electron chi connectivity index (χ3n) is 3.88. The second kappa shape index (κ2) is 6.65. The molecule has 0 aliphatic rings. The summed E-state index contributed by atoms with van der Waals surface area (Å²) in [4.78, 5) is 16.7. The maximum atomic E-state index is 12.3. The predicted molar refractivity (Wildman–Crippen MR) is 92.9 cm³/mol. The summed E-state index contributed by atoms with van der Waals surface area (Å²) in [6.07, 6.45) is 7.12. The van der Waals surface area contributed by atoms with Crippen molar-refractivity contribution in [1.82, 2.24) is 9.38 Å². The SMILES string of the molecule is CCCCc1ccc(NC(=O)c2cn3ccc(C)cc3n2)cc1. The first kappa shape index (κ1) is 15.3. The van der Waals surface area contributed by atoms with Crippen LogP contribution < -0.4 is 5.32 Å². The molecule has 3 rings (SSSR count). The molecular formula is C19H21N3O. The van der Waals surface area contributed by atoms with Gasteiger partial charge in [-0.3, -0.25) is 4.79 Å². The smallest absolute Gasteiger partial charge is 0.275 e. The number of aryl methyl sites for hydroxylation is 2. The van der Waals surface area contributed by atoms with Gasteiger partial charge in [0.05, 0.1) is 0 Å². The summed E-state index contributed by atoms with van der Waals surface area (Å²) in [5.41, 5.74) is 4.42. The minimum absolute atomic E-state index is 0.187. The Morgan fingerprint density at radius 2 is 2.00 bits per heavy atom. The lowest BCUT2D eigenvalue weighted by atomic mass is 10.1. The Labute approximate surface area is 136 Å². The van der Waals surface area contributed by atoms with Gasteiger partial charge in [0.1, 0.15) is 11.3 Å². The summed E-state index contributed by atoms with van der Waals surface area (Å²) >= 11 is 0. The molecule has 0 saturated heterocycles. The summed E-state index contributed by atoms with van der Waals surface area (Å²) in [7, 11) is 0. The maximum Gasteiger partial charge on any atom is 0.275 e. The van der Waals surface area contributed by atoms with Gasteiger partial charge in [-0.1, -0.05) is 25.5 Å². The molecule has 1 N–H and O–H groups in total. The summed E-state index contributed by atoms with van der Waals surface area (Å²) in [6.45, 7) is 4.19. The van der Waals surface area contributed by atoms with E-state index in [0.717, 1.165) is 23.3 Å². The van der Waals surface area contributed by atoms with Gasteiger partial charge in [0.15, 0.2) is 0 Å². The molecule has 2 heterocycles. The van der Waals surface area contributed by atoms with E-state index in [4.69, 9.17) is 0 Å². The summed E-state index contributed by atoms with van der Waals surface area (Å²) in [5.74, 6) is -0.187. The van der Waals surface area contributed by atoms with Gasteiger partial charge in [-0.05, 0) is 55.2 Å². The van der Waals surface area contributed by atoms with Crippen molar-refractivity contribution < 1.29 is 4.79 Å². The Hall–Kier alpha value is -2.62. The number of unbranched alkanes of at least 4 members (excludes halogenated alkanes) is 1. The van der Waals surface area contributed by atoms with Crippen molar-refractivity contribution in [2.45, 2.75) is 33.1 Å². The molecule has 0 saturated carbocycles. The van der Waals surface area contributed by atoms with Crippen LogP contribution in [-0.2, 0) is 6.42 Å². The molecule has 0 radical (unpaired) electrons. The van der Waals surface area contributed by atoms with E-state index in [1.807, 2.05) is 41.8 Å². The van der Waals surface area contributed by atoms with E-state index in [0.29, 0.717) is 5.69 Å². The zero-order valence-corrected chi connectivity index (χ0v) is 13.5. The average Bonchev–Trinajstić information content (AvgIpc) is 2.97. The number of pyridine rings is 1. The van der Waals surface area contributed by atoms with Crippen molar-refractivity contribution in [3.05, 3.63) is 65.6 Å². The van der Waals surface area contributed by atoms with Gasteiger partial charge >= 0.3 is 0 Å². The number of anilines is 1. The highest BCUT2D eigenvalue weighted by molar-refractivity contribution is 6.03. The zero-order valence-electron chi connectivity index (χ0n) is 13.5. The molecular weight excluding hydrogens is 286 g/mol. The summed E-state index contributed by atoms with van der Waals surface area (Å²) < 4.78 is 1.86. The molecule has 1 aromatic carbocycles. The fraction of sp³-hybridized carbons (Fsp3) is 0.263. The van der Waals surface area contributed by atoms with Crippen molar-refractivity contribution in [1.29, 1.82) is 0 Å². The number of rotatable bonds is 5. The molecule has 0 spiro atoms. The quantitative estimate of drug-likeness (QED) is 0.766. The van der Waals surface area contributed by atoms with E-state index in [9.17, 15) is 4.79 Å². The van der Waals surface area contributed by atoms with Crippen LogP contribution in [0.2, 0.25) is 0 Å². The van der Waals surface area contributed by atoms with Crippen LogP contribution >= 0.6 is 0 Å². The van der Waals surface area contributed by atoms with Crippen molar-refractivity contribution in [2.24, 2.45) is 0 Å². The molecule has 118 valence electrons. The van der Waals surface area contributed by atoms with Crippen LogP contribution in [0.3, 0.4) is 0 Å². The number of nitrogens with zero attached hydrogens (tertiary/aromatic N) is 2. The molecule has 1 amide bonds. The highest BCUT2D eigenvalue weighted by atomic mass is 16.1. The van der Waals surface area contributed by atoms with Crippen LogP contribution in [-0.4, -0.2) is 15.3 Å². The second-order valence-electron chi connectivity index (χ2n) is 5.85. The Morgan fingerprint density at radius 3 is 2.74 bits per heavy atom. The van der Waals surface area contributed by atoms with E-state index in [1.54, 1.807) is 6.20 Å². The Morgan fingerprint density at radius 1 is 1.22 bits per heavy atom. The highest BCUT2D eigenvalue weighted by Gasteiger charge is 2.11. The highest BCUT2D eigenvalue weighted by Crippen LogP contribution is 2.14. The number of carbonyl (C=O) groups excluding carboxylic acids is 1. The molecule has 3 aromatic rings. The molecule has 23 heavy (non-hydrogen) atoms. The van der Waals surface area contributed by atoms with Crippen LogP contribution in [0, 0.1) is 6.92 Å². The molecule has 0 aliphatic heterocycles. The molecule has 0 atom stereocenters. The van der Waals surface area contributed by atoms with Crippen molar-refractivity contribution >= 4 is 17.2 Å². The van der Waals surface area contributed by atoms with Crippen LogP contribution in [0.1, 0.15) is 41.4 Å². The van der Waals surface area contributed by atoms with Crippen LogP contribution in [0.5, 0.6) is 0 Å². The van der Waals surface area contributed by atoms with Crippen LogP contribution in [0.4, 0.5) is 5.69 Å². The molecule has 0 aliphatic carbocycles. The van der Waals surface area contributed by atoms with Gasteiger partial charge in [-0.25, -0.2) is 4.98 Å². The summed E-state index contributed by atoms with van der Waals surface area (Å²) in [5, 5.41) is 2.90. The number of aromatic nitrogens is 2. The van der Waals surface area contributed by atoms with Crippen molar-refractivity contribution in [3.63, 3.8) is 0 Å². The van der Waals surface area contributed by atoms with Gasteiger partial charge in [0, 0.05) is 18.1 Å². The lowest BCUT2D eigenvalue weighted by molar-refractivity contribution is 0.102. The van der Waals surface area contributed by atoms with Gasteiger partial charge < -0.3 is 9.72 Å². The zero-order chi connectivity index (χ0) is 16.2. The number of hydrogen-bond acceptors (Lipinski definition) is 2. The van der Waals surface area contributed by atoms with Crippen LogP contribution in [0.15, 0.2) is 48.8 Å². The van der Waals surface area contributed by atoms with Crippen molar-refractivity contribution in [3.8, 4) is 0 Å². The van der Waals surface area contributed by atoms with Crippen LogP contribution in [0.25, 0.3) is 5.65 Å². The number of fused-ring (bicyclic) bond motifs is 1. The van der Waals surface area contributed by atoms with E-state index in [-0.39, 0.29) is 5.91 Å². The largest absolute Gasteiger partial charge is 0.321 e. The molecule has 0 fully saturated rings. The first-order valence-electron chi connectivity index (χ1n) is 8.01. The molecule has 4 nitrogen and oxygen atoms in total. The monoisotopic (exact) mass is 307 g/mol. The Bertz CT molecular complexity index is 818. The maximum absolute atomic E-state index is 12.3. The van der Waals surface area contributed by atoms with Gasteiger partial charge in [-0.15, -0.1) is 0 Å². The topological polar surface area (TPSA) is 46.4 Å².